The van der Waals surface area contributed by atoms with Crippen molar-refractivity contribution in [3.8, 4) is 0 Å². The maximum absolute atomic E-state index is 13.0. The first-order valence-electron chi connectivity index (χ1n) is 6.57. The molecule has 0 aliphatic heterocycles. The zero-order valence-electron chi connectivity index (χ0n) is 12.0. The van der Waals surface area contributed by atoms with Crippen LogP contribution >= 0.6 is 0 Å². The van der Waals surface area contributed by atoms with E-state index in [1.54, 1.807) is 6.07 Å². The van der Waals surface area contributed by atoms with Crippen molar-refractivity contribution in [1.82, 2.24) is 5.32 Å². The molecule has 108 valence electrons. The Balaban J connectivity index is 2.51. The summed E-state index contributed by atoms with van der Waals surface area (Å²) in [6.45, 7) is 8.96. The normalized spacial score (nSPS) is 13.9. The van der Waals surface area contributed by atoms with Crippen LogP contribution in [0.25, 0.3) is 0 Å². The first-order valence-corrected chi connectivity index (χ1v) is 6.57. The topological polar surface area (TPSA) is 32.3 Å². The zero-order chi connectivity index (χ0) is 14.6. The van der Waals surface area contributed by atoms with Gasteiger partial charge in [-0.05, 0) is 23.6 Å². The number of hydrogen-bond acceptors (Lipinski definition) is 2. The maximum Gasteiger partial charge on any atom is 0.159 e. The highest BCUT2D eigenvalue weighted by Crippen LogP contribution is 2.25. The van der Waals surface area contributed by atoms with E-state index in [9.17, 15) is 13.9 Å². The van der Waals surface area contributed by atoms with Gasteiger partial charge in [-0.2, -0.15) is 0 Å². The molecule has 1 aromatic rings. The molecule has 0 aliphatic rings. The van der Waals surface area contributed by atoms with Crippen molar-refractivity contribution in [3.63, 3.8) is 0 Å². The van der Waals surface area contributed by atoms with E-state index in [2.05, 4.69) is 5.32 Å². The fourth-order valence-corrected chi connectivity index (χ4v) is 2.19. The van der Waals surface area contributed by atoms with Gasteiger partial charge in [0, 0.05) is 18.5 Å². The van der Waals surface area contributed by atoms with Crippen molar-refractivity contribution in [2.45, 2.75) is 40.3 Å². The summed E-state index contributed by atoms with van der Waals surface area (Å²) in [5, 5.41) is 13.3. The summed E-state index contributed by atoms with van der Waals surface area (Å²) >= 11 is 0. The lowest BCUT2D eigenvalue weighted by molar-refractivity contribution is 0.0134. The summed E-state index contributed by atoms with van der Waals surface area (Å²) in [5.41, 5.74) is 0.418. The van der Waals surface area contributed by atoms with Gasteiger partial charge in [0.05, 0.1) is 6.10 Å². The van der Waals surface area contributed by atoms with Crippen LogP contribution < -0.4 is 5.32 Å². The third-order valence-corrected chi connectivity index (χ3v) is 3.33. The number of aliphatic hydroxyl groups excluding tert-OH is 1. The fourth-order valence-electron chi connectivity index (χ4n) is 2.19. The molecule has 0 bridgehead atoms. The highest BCUT2D eigenvalue weighted by atomic mass is 19.2. The number of benzene rings is 1. The molecule has 0 radical (unpaired) electrons. The predicted molar refractivity (Wildman–Crippen MR) is 72.7 cm³/mol. The second-order valence-corrected chi connectivity index (χ2v) is 6.03. The zero-order valence-corrected chi connectivity index (χ0v) is 12.0. The van der Waals surface area contributed by atoms with Crippen LogP contribution in [0.3, 0.4) is 0 Å². The van der Waals surface area contributed by atoms with Crippen molar-refractivity contribution in [2.24, 2.45) is 11.3 Å². The SMILES string of the molecule is CC(C)C(O)C(C)(C)CNCc1ccc(F)c(F)c1. The lowest BCUT2D eigenvalue weighted by Gasteiger charge is -2.33. The Labute approximate surface area is 113 Å². The molecule has 1 aromatic carbocycles. The van der Waals surface area contributed by atoms with E-state index in [-0.39, 0.29) is 11.3 Å². The molecule has 0 aliphatic carbocycles. The lowest BCUT2D eigenvalue weighted by Crippen LogP contribution is -2.41. The van der Waals surface area contributed by atoms with Crippen LogP contribution in [0.4, 0.5) is 8.78 Å². The van der Waals surface area contributed by atoms with Crippen molar-refractivity contribution in [2.75, 3.05) is 6.54 Å². The molecule has 1 rings (SSSR count). The highest BCUT2D eigenvalue weighted by molar-refractivity contribution is 5.17. The van der Waals surface area contributed by atoms with Crippen LogP contribution in [0.15, 0.2) is 18.2 Å². The first-order chi connectivity index (χ1) is 8.74. The standard InChI is InChI=1S/C15H23F2NO/c1-10(2)14(19)15(3,4)9-18-8-11-5-6-12(16)13(17)7-11/h5-7,10,14,18-19H,8-9H2,1-4H3. The average molecular weight is 271 g/mol. The van der Waals surface area contributed by atoms with Crippen LogP contribution in [-0.2, 0) is 6.54 Å². The highest BCUT2D eigenvalue weighted by Gasteiger charge is 2.29. The number of nitrogens with one attached hydrogen (secondary N) is 1. The second kappa shape index (κ2) is 6.44. The van der Waals surface area contributed by atoms with Crippen molar-refractivity contribution >= 4 is 0 Å². The first kappa shape index (κ1) is 16.1. The molecule has 0 saturated carbocycles. The van der Waals surface area contributed by atoms with E-state index in [0.717, 1.165) is 6.07 Å². The van der Waals surface area contributed by atoms with Crippen LogP contribution in [-0.4, -0.2) is 17.8 Å². The summed E-state index contributed by atoms with van der Waals surface area (Å²) < 4.78 is 25.8. The molecular weight excluding hydrogens is 248 g/mol. The smallest absolute Gasteiger partial charge is 0.159 e. The van der Waals surface area contributed by atoms with E-state index in [0.29, 0.717) is 18.7 Å². The molecule has 19 heavy (non-hydrogen) atoms. The van der Waals surface area contributed by atoms with E-state index in [4.69, 9.17) is 0 Å². The van der Waals surface area contributed by atoms with Gasteiger partial charge in [-0.15, -0.1) is 0 Å². The third kappa shape index (κ3) is 4.55. The number of hydrogen-bond donors (Lipinski definition) is 2. The second-order valence-electron chi connectivity index (χ2n) is 6.03. The Bertz CT molecular complexity index is 419. The third-order valence-electron chi connectivity index (χ3n) is 3.33. The Hall–Kier alpha value is -1.00. The van der Waals surface area contributed by atoms with Gasteiger partial charge >= 0.3 is 0 Å². The van der Waals surface area contributed by atoms with Gasteiger partial charge in [-0.1, -0.05) is 33.8 Å². The molecule has 0 fully saturated rings. The Morgan fingerprint density at radius 1 is 1.21 bits per heavy atom. The van der Waals surface area contributed by atoms with E-state index < -0.39 is 17.7 Å². The van der Waals surface area contributed by atoms with Crippen molar-refractivity contribution in [3.05, 3.63) is 35.4 Å². The summed E-state index contributed by atoms with van der Waals surface area (Å²) in [7, 11) is 0. The largest absolute Gasteiger partial charge is 0.392 e. The van der Waals surface area contributed by atoms with Gasteiger partial charge in [-0.3, -0.25) is 0 Å². The molecule has 0 spiro atoms. The molecule has 0 heterocycles. The van der Waals surface area contributed by atoms with Gasteiger partial charge in [0.15, 0.2) is 11.6 Å². The summed E-state index contributed by atoms with van der Waals surface area (Å²) in [6, 6.07) is 3.87. The van der Waals surface area contributed by atoms with Gasteiger partial charge in [0.1, 0.15) is 0 Å². The number of rotatable bonds is 6. The maximum atomic E-state index is 13.0. The molecule has 1 unspecified atom stereocenters. The molecule has 4 heteroatoms. The quantitative estimate of drug-likeness (QED) is 0.833. The average Bonchev–Trinajstić information content (AvgIpc) is 2.32. The molecule has 1 atom stereocenters. The van der Waals surface area contributed by atoms with Gasteiger partial charge in [0.2, 0.25) is 0 Å². The van der Waals surface area contributed by atoms with Gasteiger partial charge in [0.25, 0.3) is 0 Å². The van der Waals surface area contributed by atoms with Crippen LogP contribution in [0.1, 0.15) is 33.3 Å². The minimum Gasteiger partial charge on any atom is -0.392 e. The molecule has 0 amide bonds. The molecule has 2 nitrogen and oxygen atoms in total. The minimum absolute atomic E-state index is 0.181. The van der Waals surface area contributed by atoms with Crippen molar-refractivity contribution < 1.29 is 13.9 Å². The Morgan fingerprint density at radius 3 is 2.37 bits per heavy atom. The van der Waals surface area contributed by atoms with Crippen molar-refractivity contribution in [1.29, 1.82) is 0 Å². The number of aliphatic hydroxyl groups is 1. The van der Waals surface area contributed by atoms with Crippen LogP contribution in [0.5, 0.6) is 0 Å². The van der Waals surface area contributed by atoms with Crippen LogP contribution in [0, 0.1) is 23.0 Å². The molecule has 0 saturated heterocycles. The lowest BCUT2D eigenvalue weighted by atomic mass is 9.80. The van der Waals surface area contributed by atoms with E-state index in [1.165, 1.54) is 6.07 Å². The van der Waals surface area contributed by atoms with Crippen LogP contribution in [0.2, 0.25) is 0 Å². The minimum atomic E-state index is -0.834. The monoisotopic (exact) mass is 271 g/mol. The Morgan fingerprint density at radius 2 is 1.84 bits per heavy atom. The van der Waals surface area contributed by atoms with Gasteiger partial charge < -0.3 is 10.4 Å². The Kier molecular flexibility index (Phi) is 5.44. The fraction of sp³-hybridized carbons (Fsp3) is 0.600. The van der Waals surface area contributed by atoms with E-state index >= 15 is 0 Å². The summed E-state index contributed by atoms with van der Waals surface area (Å²) in [5.74, 6) is -1.49. The number of halogens is 2. The molecule has 2 N–H and O–H groups in total. The van der Waals surface area contributed by atoms with E-state index in [1.807, 2.05) is 27.7 Å². The molecular formula is C15H23F2NO. The summed E-state index contributed by atoms with van der Waals surface area (Å²) in [4.78, 5) is 0. The molecule has 0 aromatic heterocycles. The summed E-state index contributed by atoms with van der Waals surface area (Å²) in [6.07, 6.45) is -0.412. The van der Waals surface area contributed by atoms with Gasteiger partial charge in [-0.25, -0.2) is 8.78 Å². The predicted octanol–water partition coefficient (Wildman–Crippen LogP) is 3.10.